The van der Waals surface area contributed by atoms with Gasteiger partial charge >= 0.3 is 5.97 Å². The first-order valence-electron chi connectivity index (χ1n) is 28.4. The van der Waals surface area contributed by atoms with E-state index in [1.165, 1.54) is 26.2 Å². The topological polar surface area (TPSA) is 496 Å². The zero-order valence-corrected chi connectivity index (χ0v) is 54.6. The minimum absolute atomic E-state index is 0. The first-order valence-corrected chi connectivity index (χ1v) is 29.1. The summed E-state index contributed by atoms with van der Waals surface area (Å²) in [5.41, 5.74) is 30.4. The molecular formula is C101H315N7O17S. The van der Waals surface area contributed by atoms with E-state index in [0.717, 1.165) is 45.1 Å². The molecule has 0 aromatic carbocycles. The maximum absolute atomic E-state index is 10.7. The number of methoxy groups -OCH3 is 1. The van der Waals surface area contributed by atoms with Gasteiger partial charge in [-0.1, -0.05) is 410 Å². The van der Waals surface area contributed by atoms with Gasteiger partial charge in [0.25, 0.3) is 0 Å². The number of ether oxygens (including phenoxy) is 2. The minimum Gasteiger partial charge on any atom is -0.462 e. The van der Waals surface area contributed by atoms with Crippen molar-refractivity contribution in [3.63, 3.8) is 0 Å². The van der Waals surface area contributed by atoms with Crippen LogP contribution in [-0.2, 0) is 19.1 Å². The number of hydrogen-bond donors (Lipinski definition) is 20. The number of nitrogens with two attached hydrogens (primary N) is 6. The molecule has 0 aliphatic heterocycles. The molecule has 0 radical (unpaired) electrons. The number of thiol groups is 1. The summed E-state index contributed by atoms with van der Waals surface area (Å²) in [6.45, 7) is 31.2. The van der Waals surface area contributed by atoms with Crippen molar-refractivity contribution in [1.82, 2.24) is 0 Å². The van der Waals surface area contributed by atoms with Gasteiger partial charge in [-0.15, -0.1) is 0 Å². The third kappa shape index (κ3) is 612. The van der Waals surface area contributed by atoms with E-state index < -0.39 is 6.10 Å². The Labute approximate surface area is 830 Å². The van der Waals surface area contributed by atoms with Crippen LogP contribution in [-0.4, -0.2) is 221 Å². The molecule has 24 nitrogen and oxygen atoms in total. The van der Waals surface area contributed by atoms with Crippen molar-refractivity contribution in [2.45, 2.75) is 526 Å². The standard InChI is InChI=1S/C7H12O3.C5H9NO.C5H13N.C5H9N.C5H10O.C4H11N.2C4H10O.3C3H8O2.C2H8N2.C2H7NO.C2H6O2.C2H6OS.45CH4/c1-5-4-6(5)10-7(9)2-3-8;1-5(2-3-5)4(6)7;2*1-3-5(2)4-6;1-5(4-6)2-3-5;1-3-4(2)5;1-4(2)3-5;1-3-4(2)5;1-5-3-2-4;1-3(5)2-4;4-2-1-3-5;4*3-1-2-4;;;;;;;;;;;;;;;;;;;;;;;;;;;;;;;;;;;;;;;;;;;;;/h5-6,8H,2-4H2,1H3;2-3H2,1H3,(H2,6,7);5H,3-4,6H2,1-2H3;5H,3H2,1-2H3;6H,2-4H2,1H3;4H,3,5H2,1-2H3;2*4-5H,3H2,1-2H3;4H,2-3H2,1H3;3-5H,2H2,1H3;4-5H,1-3H2;1-4H2;4H,1-3H2;2*3-4H,1-2H2;45*1H4. The second-order valence-corrected chi connectivity index (χ2v) is 20.0. The van der Waals surface area contributed by atoms with Crippen molar-refractivity contribution in [3.8, 4) is 6.07 Å². The van der Waals surface area contributed by atoms with Crippen LogP contribution < -0.4 is 34.4 Å². The number of rotatable bonds is 20. The number of aliphatic hydroxyl groups excluding tert-OH is 13. The van der Waals surface area contributed by atoms with Gasteiger partial charge in [-0.2, -0.15) is 17.9 Å². The molecule has 3 aliphatic carbocycles. The van der Waals surface area contributed by atoms with E-state index in [1.54, 1.807) is 14.0 Å². The van der Waals surface area contributed by atoms with Crippen LogP contribution in [0.2, 0.25) is 0 Å². The normalized spacial score (nSPS) is 10.1. The third-order valence-corrected chi connectivity index (χ3v) is 9.82. The van der Waals surface area contributed by atoms with E-state index in [4.69, 9.17) is 111 Å². The van der Waals surface area contributed by atoms with Gasteiger partial charge in [0.05, 0.1) is 77.6 Å². The molecule has 0 bridgehead atoms. The Morgan fingerprint density at radius 1 is 0.429 bits per heavy atom. The van der Waals surface area contributed by atoms with Crippen molar-refractivity contribution >= 4 is 24.5 Å². The molecule has 3 rings (SSSR count). The van der Waals surface area contributed by atoms with Gasteiger partial charge in [-0.3, -0.25) is 9.59 Å². The highest BCUT2D eigenvalue weighted by atomic mass is 32.1. The van der Waals surface area contributed by atoms with Crippen LogP contribution >= 0.6 is 12.6 Å². The van der Waals surface area contributed by atoms with Crippen LogP contribution in [0.5, 0.6) is 0 Å². The second kappa shape index (κ2) is 363. The number of carbonyl (C=O) groups is 2. The number of primary amides is 1. The van der Waals surface area contributed by atoms with Crippen LogP contribution in [0.15, 0.2) is 0 Å². The highest BCUT2D eigenvalue weighted by Crippen LogP contribution is 2.44. The maximum atomic E-state index is 10.7. The number of amides is 1. The predicted molar refractivity (Wildman–Crippen MR) is 637 cm³/mol. The van der Waals surface area contributed by atoms with E-state index >= 15 is 0 Å². The molecule has 25 heteroatoms. The number of esters is 1. The molecule has 3 saturated carbocycles. The SMILES string of the molecule is C.C.C.C.C.C.C.C.C.C.C.C.C.C.C.C.C.C.C.C.C.C.C.C.C.C.C.C.C.C.C.C.C.C.C.C.C.C.C.C.C.C.C.C.C.CC(C)CO.CC(O)CO.CC1(C(N)=O)CC1.CC1(CO)CC1.CC1CC1OC(=O)CCO.CCC(C)C#N.CCC(C)CN.CCC(C)N.CCC(C)O.COCCO.NCCN.NCCO.OCCCO.OCCO.OCCS. The lowest BCUT2D eigenvalue weighted by Gasteiger charge is -1.99. The fourth-order valence-corrected chi connectivity index (χ4v) is 2.00. The van der Waals surface area contributed by atoms with Gasteiger partial charge < -0.3 is 110 Å². The Morgan fingerprint density at radius 2 is 0.675 bits per heavy atom. The van der Waals surface area contributed by atoms with Crippen LogP contribution in [0.1, 0.15) is 502 Å². The summed E-state index contributed by atoms with van der Waals surface area (Å²) < 4.78 is 9.36. The molecule has 0 spiro atoms. The molecule has 7 unspecified atom stereocenters. The van der Waals surface area contributed by atoms with Gasteiger partial charge in [-0.05, 0) is 115 Å². The number of carbonyl (C=O) groups excluding carboxylic acids is 2. The maximum Gasteiger partial charge on any atom is 0.308 e. The Morgan fingerprint density at radius 3 is 0.706 bits per heavy atom. The van der Waals surface area contributed by atoms with Crippen LogP contribution in [0.4, 0.5) is 0 Å². The summed E-state index contributed by atoms with van der Waals surface area (Å²) in [4.78, 5) is 21.0. The van der Waals surface area contributed by atoms with Crippen molar-refractivity contribution in [2.24, 2.45) is 68.9 Å². The lowest BCUT2D eigenvalue weighted by atomic mass is 10.1. The monoisotopic (exact) mass is 1930 g/mol. The summed E-state index contributed by atoms with van der Waals surface area (Å²) >= 11 is 3.67. The number of aliphatic hydroxyl groups is 13. The summed E-state index contributed by atoms with van der Waals surface area (Å²) in [6, 6.07) is 2.50. The minimum atomic E-state index is -0.560. The van der Waals surface area contributed by atoms with Crippen molar-refractivity contribution < 1.29 is 85.4 Å². The molecule has 3 aliphatic rings. The average Bonchev–Trinajstić information content (AvgIpc) is 4.44. The molecule has 126 heavy (non-hydrogen) atoms. The molecule has 862 valence electrons. The predicted octanol–water partition coefficient (Wildman–Crippen LogP) is 29.8. The number of nitriles is 1. The zero-order valence-electron chi connectivity index (χ0n) is 53.7. The van der Waals surface area contributed by atoms with E-state index in [0.29, 0.717) is 80.8 Å². The van der Waals surface area contributed by atoms with E-state index in [9.17, 15) is 9.59 Å². The van der Waals surface area contributed by atoms with Crippen LogP contribution in [0.25, 0.3) is 0 Å². The molecule has 25 N–H and O–H groups in total. The fraction of sp³-hybridized carbons (Fsp3) is 0.970. The largest absolute Gasteiger partial charge is 0.462 e. The molecule has 0 saturated heterocycles. The molecule has 0 heterocycles. The average molecular weight is 1930 g/mol. The smallest absolute Gasteiger partial charge is 0.308 e. The molecule has 1 amide bonds. The van der Waals surface area contributed by atoms with Gasteiger partial charge in [-0.25, -0.2) is 0 Å². The van der Waals surface area contributed by atoms with E-state index in [1.807, 2.05) is 55.4 Å². The van der Waals surface area contributed by atoms with Gasteiger partial charge in [0.2, 0.25) is 5.91 Å². The Kier molecular flexibility index (Phi) is 1200. The summed E-state index contributed by atoms with van der Waals surface area (Å²) in [7, 11) is 1.55. The molecular weight excluding hydrogens is 1620 g/mol. The zero-order chi connectivity index (χ0) is 66.7. The first-order chi connectivity index (χ1) is 37.8. The fourth-order valence-electron chi connectivity index (χ4n) is 2.00. The van der Waals surface area contributed by atoms with E-state index in [-0.39, 0.29) is 435 Å². The number of nitrogens with zero attached hydrogens (tertiary/aromatic N) is 1. The summed E-state index contributed by atoms with van der Waals surface area (Å²) in [6.07, 6.45) is 9.62. The van der Waals surface area contributed by atoms with Crippen molar-refractivity contribution in [1.29, 1.82) is 5.26 Å². The van der Waals surface area contributed by atoms with Gasteiger partial charge in [0.1, 0.15) is 6.10 Å². The lowest BCUT2D eigenvalue weighted by molar-refractivity contribution is -0.146. The third-order valence-electron chi connectivity index (χ3n) is 9.62. The van der Waals surface area contributed by atoms with Gasteiger partial charge in [0, 0.05) is 76.3 Å². The Bertz CT molecular complexity index is 1080. The van der Waals surface area contributed by atoms with Crippen molar-refractivity contribution in [3.05, 3.63) is 0 Å². The molecule has 7 atom stereocenters. The van der Waals surface area contributed by atoms with Crippen LogP contribution in [0.3, 0.4) is 0 Å². The first kappa shape index (κ1) is 418. The number of hydrogen-bond acceptors (Lipinski definition) is 24. The highest BCUT2D eigenvalue weighted by Gasteiger charge is 2.43. The molecule has 0 aromatic rings. The Hall–Kier alpha value is -1.98. The summed E-state index contributed by atoms with van der Waals surface area (Å²) in [5, 5.41) is 112. The summed E-state index contributed by atoms with van der Waals surface area (Å²) in [5.74, 6) is 2.07. The second-order valence-electron chi connectivity index (χ2n) is 19.5. The highest BCUT2D eigenvalue weighted by molar-refractivity contribution is 7.80. The lowest BCUT2D eigenvalue weighted by Crippen LogP contribution is -2.21. The van der Waals surface area contributed by atoms with Crippen molar-refractivity contribution in [2.75, 3.05) is 118 Å². The van der Waals surface area contributed by atoms with Gasteiger partial charge in [0.15, 0.2) is 0 Å². The molecule has 3 fully saturated rings. The molecule has 0 aromatic heterocycles. The quantitative estimate of drug-likeness (QED) is 0.0398. The van der Waals surface area contributed by atoms with Crippen LogP contribution in [0, 0.1) is 45.8 Å². The Balaban J connectivity index is -0.00000000721. The van der Waals surface area contributed by atoms with E-state index in [2.05, 4.69) is 51.1 Å².